The number of hydrogen-bond donors (Lipinski definition) is 2. The predicted octanol–water partition coefficient (Wildman–Crippen LogP) is 3.96. The van der Waals surface area contributed by atoms with E-state index in [4.69, 9.17) is 17.3 Å². The Bertz CT molecular complexity index is 697. The van der Waals surface area contributed by atoms with E-state index in [2.05, 4.69) is 29.6 Å². The molecule has 0 aromatic heterocycles. The van der Waals surface area contributed by atoms with Crippen LogP contribution in [0.15, 0.2) is 48.5 Å². The Kier molecular flexibility index (Phi) is 5.22. The van der Waals surface area contributed by atoms with E-state index in [9.17, 15) is 4.79 Å². The summed E-state index contributed by atoms with van der Waals surface area (Å²) in [6.07, 6.45) is 1.96. The minimum atomic E-state index is -0.220. The summed E-state index contributed by atoms with van der Waals surface area (Å²) in [5, 5.41) is 4.28. The van der Waals surface area contributed by atoms with Crippen LogP contribution in [0.2, 0.25) is 5.02 Å². The Labute approximate surface area is 148 Å². The van der Waals surface area contributed by atoms with E-state index in [1.807, 2.05) is 31.2 Å². The lowest BCUT2D eigenvalue weighted by Gasteiger charge is -2.08. The lowest BCUT2D eigenvalue weighted by molar-refractivity contribution is -0.121. The average molecular weight is 343 g/mol. The van der Waals surface area contributed by atoms with Crippen LogP contribution in [0.3, 0.4) is 0 Å². The van der Waals surface area contributed by atoms with Crippen LogP contribution < -0.4 is 11.1 Å². The van der Waals surface area contributed by atoms with Crippen molar-refractivity contribution in [3.63, 3.8) is 0 Å². The summed E-state index contributed by atoms with van der Waals surface area (Å²) in [6, 6.07) is 17.2. The molecule has 1 unspecified atom stereocenters. The van der Waals surface area contributed by atoms with Crippen LogP contribution >= 0.6 is 11.6 Å². The Morgan fingerprint density at radius 3 is 2.33 bits per heavy atom. The number of rotatable bonds is 7. The van der Waals surface area contributed by atoms with Gasteiger partial charge in [0.25, 0.3) is 0 Å². The normalized spacial score (nSPS) is 20.6. The molecule has 0 aliphatic heterocycles. The summed E-state index contributed by atoms with van der Waals surface area (Å²) in [5.74, 6) is 0.295. The highest BCUT2D eigenvalue weighted by Gasteiger charge is 2.37. The van der Waals surface area contributed by atoms with Crippen molar-refractivity contribution in [1.82, 2.24) is 5.32 Å². The Morgan fingerprint density at radius 2 is 1.75 bits per heavy atom. The molecule has 0 saturated heterocycles. The van der Waals surface area contributed by atoms with Crippen LogP contribution in [0.1, 0.15) is 31.2 Å². The van der Waals surface area contributed by atoms with E-state index in [0.29, 0.717) is 12.0 Å². The molecule has 3 atom stereocenters. The predicted molar refractivity (Wildman–Crippen MR) is 99.0 cm³/mol. The summed E-state index contributed by atoms with van der Waals surface area (Å²) < 4.78 is 0. The summed E-state index contributed by atoms with van der Waals surface area (Å²) in [5.41, 5.74) is 9.03. The first-order valence-corrected chi connectivity index (χ1v) is 8.81. The molecular weight excluding hydrogens is 320 g/mol. The maximum atomic E-state index is 11.0. The highest BCUT2D eigenvalue weighted by molar-refractivity contribution is 6.30. The van der Waals surface area contributed by atoms with Crippen LogP contribution in [0.5, 0.6) is 0 Å². The second-order valence-electron chi connectivity index (χ2n) is 6.62. The highest BCUT2D eigenvalue weighted by Crippen LogP contribution is 2.41. The van der Waals surface area contributed by atoms with E-state index in [0.717, 1.165) is 24.4 Å². The zero-order valence-corrected chi connectivity index (χ0v) is 14.6. The fourth-order valence-corrected chi connectivity index (χ4v) is 3.11. The van der Waals surface area contributed by atoms with Crippen molar-refractivity contribution in [3.05, 3.63) is 59.1 Å². The molecule has 1 aliphatic carbocycles. The molecule has 1 saturated carbocycles. The quantitative estimate of drug-likeness (QED) is 0.800. The van der Waals surface area contributed by atoms with Gasteiger partial charge in [0.05, 0.1) is 0 Å². The summed E-state index contributed by atoms with van der Waals surface area (Å²) in [7, 11) is 0. The second-order valence-corrected chi connectivity index (χ2v) is 7.06. The van der Waals surface area contributed by atoms with Crippen LogP contribution in [0.4, 0.5) is 0 Å². The van der Waals surface area contributed by atoms with Crippen LogP contribution in [0, 0.1) is 5.92 Å². The van der Waals surface area contributed by atoms with Gasteiger partial charge in [-0.25, -0.2) is 0 Å². The molecule has 0 bridgehead atoms. The molecule has 4 heteroatoms. The Balaban J connectivity index is 1.52. The van der Waals surface area contributed by atoms with Gasteiger partial charge >= 0.3 is 0 Å². The fraction of sp³-hybridized carbons (Fsp3) is 0.350. The molecule has 2 aromatic carbocycles. The molecule has 3 N–H and O–H groups in total. The second kappa shape index (κ2) is 7.37. The molecule has 3 nitrogen and oxygen atoms in total. The van der Waals surface area contributed by atoms with Gasteiger partial charge in [0.15, 0.2) is 0 Å². The van der Waals surface area contributed by atoms with Crippen molar-refractivity contribution in [2.45, 2.75) is 31.7 Å². The molecule has 1 amide bonds. The molecular formula is C20H23ClN2O. The highest BCUT2D eigenvalue weighted by atomic mass is 35.5. The number of nitrogens with two attached hydrogens (primary N) is 1. The van der Waals surface area contributed by atoms with Gasteiger partial charge in [-0.3, -0.25) is 4.79 Å². The largest absolute Gasteiger partial charge is 0.369 e. The van der Waals surface area contributed by atoms with Gasteiger partial charge in [-0.05, 0) is 48.2 Å². The van der Waals surface area contributed by atoms with E-state index in [-0.39, 0.29) is 11.8 Å². The number of carbonyl (C=O) groups excluding carboxylic acids is 1. The Hall–Kier alpha value is -1.84. The first-order chi connectivity index (χ1) is 11.5. The summed E-state index contributed by atoms with van der Waals surface area (Å²) in [4.78, 5) is 11.0. The van der Waals surface area contributed by atoms with Crippen LogP contribution in [0.25, 0.3) is 11.1 Å². The zero-order valence-electron chi connectivity index (χ0n) is 13.8. The maximum Gasteiger partial charge on any atom is 0.220 e. The van der Waals surface area contributed by atoms with Crippen molar-refractivity contribution in [2.75, 3.05) is 6.54 Å². The lowest BCUT2D eigenvalue weighted by atomic mass is 10.0. The first kappa shape index (κ1) is 17.0. The number of primary amides is 1. The molecule has 0 radical (unpaired) electrons. The monoisotopic (exact) mass is 342 g/mol. The number of halogens is 1. The number of hydrogen-bond acceptors (Lipinski definition) is 2. The number of amides is 1. The van der Waals surface area contributed by atoms with E-state index in [1.54, 1.807) is 0 Å². The van der Waals surface area contributed by atoms with Gasteiger partial charge in [-0.2, -0.15) is 0 Å². The molecule has 3 rings (SSSR count). The standard InChI is InChI=1S/C20H23ClN2O/c1-13(20(22)24)10-11-23-19-12-18(19)16-4-2-14(3-5-16)15-6-8-17(21)9-7-15/h2-9,13,18-19,23H,10-12H2,1H3,(H2,22,24)/t13?,18-,19+/m0/s1. The van der Waals surface area contributed by atoms with Crippen molar-refractivity contribution in [2.24, 2.45) is 11.7 Å². The van der Waals surface area contributed by atoms with Crippen molar-refractivity contribution in [3.8, 4) is 11.1 Å². The van der Waals surface area contributed by atoms with Gasteiger partial charge in [0.2, 0.25) is 5.91 Å². The van der Waals surface area contributed by atoms with Gasteiger partial charge < -0.3 is 11.1 Å². The fourth-order valence-electron chi connectivity index (χ4n) is 2.98. The van der Waals surface area contributed by atoms with Gasteiger partial charge in [-0.15, -0.1) is 0 Å². The lowest BCUT2D eigenvalue weighted by Crippen LogP contribution is -2.26. The summed E-state index contributed by atoms with van der Waals surface area (Å²) >= 11 is 5.94. The minimum absolute atomic E-state index is 0.0617. The summed E-state index contributed by atoms with van der Waals surface area (Å²) in [6.45, 7) is 2.72. The van der Waals surface area contributed by atoms with E-state index in [1.165, 1.54) is 16.7 Å². The Morgan fingerprint density at radius 1 is 1.17 bits per heavy atom. The third-order valence-electron chi connectivity index (χ3n) is 4.78. The van der Waals surface area contributed by atoms with Gasteiger partial charge in [0, 0.05) is 22.9 Å². The number of nitrogens with one attached hydrogen (secondary N) is 1. The third kappa shape index (κ3) is 4.16. The van der Waals surface area contributed by atoms with Crippen LogP contribution in [-0.2, 0) is 4.79 Å². The molecule has 24 heavy (non-hydrogen) atoms. The molecule has 1 fully saturated rings. The molecule has 0 heterocycles. The van der Waals surface area contributed by atoms with Gasteiger partial charge in [0.1, 0.15) is 0 Å². The topological polar surface area (TPSA) is 55.1 Å². The van der Waals surface area contributed by atoms with E-state index >= 15 is 0 Å². The first-order valence-electron chi connectivity index (χ1n) is 8.43. The molecule has 1 aliphatic rings. The molecule has 126 valence electrons. The van der Waals surface area contributed by atoms with Crippen molar-refractivity contribution < 1.29 is 4.79 Å². The number of carbonyl (C=O) groups is 1. The SMILES string of the molecule is CC(CCN[C@@H]1C[C@H]1c1ccc(-c2ccc(Cl)cc2)cc1)C(N)=O. The molecule has 0 spiro atoms. The van der Waals surface area contributed by atoms with Crippen LogP contribution in [-0.4, -0.2) is 18.5 Å². The average Bonchev–Trinajstić information content (AvgIpc) is 3.35. The van der Waals surface area contributed by atoms with Gasteiger partial charge in [-0.1, -0.05) is 54.9 Å². The minimum Gasteiger partial charge on any atom is -0.369 e. The third-order valence-corrected chi connectivity index (χ3v) is 5.03. The smallest absolute Gasteiger partial charge is 0.220 e. The maximum absolute atomic E-state index is 11.0. The van der Waals surface area contributed by atoms with E-state index < -0.39 is 0 Å². The van der Waals surface area contributed by atoms with Crippen molar-refractivity contribution in [1.29, 1.82) is 0 Å². The molecule has 2 aromatic rings. The zero-order chi connectivity index (χ0) is 17.1. The number of benzene rings is 2. The van der Waals surface area contributed by atoms with Crippen molar-refractivity contribution >= 4 is 17.5 Å².